The van der Waals surface area contributed by atoms with E-state index in [1.807, 2.05) is 0 Å². The fourth-order valence-electron chi connectivity index (χ4n) is 2.31. The minimum atomic E-state index is -4.44. The van der Waals surface area contributed by atoms with E-state index in [0.29, 0.717) is 17.7 Å². The number of alkyl halides is 3. The van der Waals surface area contributed by atoms with Crippen molar-refractivity contribution in [3.63, 3.8) is 0 Å². The molecule has 0 heterocycles. The van der Waals surface area contributed by atoms with Gasteiger partial charge in [-0.05, 0) is 19.3 Å². The number of halogens is 3. The highest BCUT2D eigenvalue weighted by molar-refractivity contribution is 5.79. The van der Waals surface area contributed by atoms with Crippen LogP contribution in [0.25, 0.3) is 0 Å². The van der Waals surface area contributed by atoms with Crippen LogP contribution in [0, 0.1) is 5.92 Å². The molecule has 1 rings (SSSR count). The third kappa shape index (κ3) is 4.81. The van der Waals surface area contributed by atoms with Crippen LogP contribution in [0.2, 0.25) is 0 Å². The Kier molecular flexibility index (Phi) is 5.40. The summed E-state index contributed by atoms with van der Waals surface area (Å²) in [5, 5.41) is 8.75. The zero-order valence-electron chi connectivity index (χ0n) is 10.1. The predicted molar refractivity (Wildman–Crippen MR) is 59.7 cm³/mol. The van der Waals surface area contributed by atoms with Crippen LogP contribution in [0.3, 0.4) is 0 Å². The van der Waals surface area contributed by atoms with Gasteiger partial charge in [0.05, 0.1) is 6.61 Å². The van der Waals surface area contributed by atoms with Gasteiger partial charge in [-0.25, -0.2) is 0 Å². The maximum Gasteiger partial charge on any atom is 0.406 e. The Labute approximate surface area is 104 Å². The van der Waals surface area contributed by atoms with E-state index in [4.69, 9.17) is 10.8 Å². The normalized spacial score (nSPS) is 24.9. The van der Waals surface area contributed by atoms with Crippen LogP contribution in [0.5, 0.6) is 0 Å². The van der Waals surface area contributed by atoms with Crippen molar-refractivity contribution in [2.45, 2.75) is 37.9 Å². The molecule has 106 valence electrons. The van der Waals surface area contributed by atoms with Gasteiger partial charge in [-0.3, -0.25) is 4.79 Å². The standard InChI is InChI=1S/C11H19F3N2O2/c12-11(13,14)7-16(4-5-17)10(18)8-2-1-3-9(15)6-8/h8-9,17H,1-7,15H2. The van der Waals surface area contributed by atoms with Gasteiger partial charge >= 0.3 is 6.18 Å². The molecule has 0 radical (unpaired) electrons. The highest BCUT2D eigenvalue weighted by Crippen LogP contribution is 2.26. The Hall–Kier alpha value is -0.820. The highest BCUT2D eigenvalue weighted by Gasteiger charge is 2.36. The highest BCUT2D eigenvalue weighted by atomic mass is 19.4. The molecule has 0 aromatic heterocycles. The van der Waals surface area contributed by atoms with Crippen LogP contribution in [-0.2, 0) is 4.79 Å². The summed E-state index contributed by atoms with van der Waals surface area (Å²) in [4.78, 5) is 12.7. The summed E-state index contributed by atoms with van der Waals surface area (Å²) in [6.07, 6.45) is -1.87. The van der Waals surface area contributed by atoms with Crippen molar-refractivity contribution in [1.29, 1.82) is 0 Å². The summed E-state index contributed by atoms with van der Waals surface area (Å²) >= 11 is 0. The summed E-state index contributed by atoms with van der Waals surface area (Å²) in [7, 11) is 0. The van der Waals surface area contributed by atoms with Crippen LogP contribution >= 0.6 is 0 Å². The molecule has 1 saturated carbocycles. The summed E-state index contributed by atoms with van der Waals surface area (Å²) in [6, 6.07) is -0.116. The van der Waals surface area contributed by atoms with E-state index in [9.17, 15) is 18.0 Å². The molecule has 1 aliphatic rings. The quantitative estimate of drug-likeness (QED) is 0.795. The van der Waals surface area contributed by atoms with E-state index in [2.05, 4.69) is 0 Å². The van der Waals surface area contributed by atoms with Crippen molar-refractivity contribution in [3.05, 3.63) is 0 Å². The van der Waals surface area contributed by atoms with E-state index in [1.54, 1.807) is 0 Å². The molecule has 1 amide bonds. The summed E-state index contributed by atoms with van der Waals surface area (Å²) < 4.78 is 37.0. The third-order valence-electron chi connectivity index (χ3n) is 3.12. The smallest absolute Gasteiger partial charge is 0.395 e. The van der Waals surface area contributed by atoms with E-state index in [-0.39, 0.29) is 12.6 Å². The number of aliphatic hydroxyl groups is 1. The Morgan fingerprint density at radius 2 is 2.06 bits per heavy atom. The Morgan fingerprint density at radius 3 is 2.56 bits per heavy atom. The summed E-state index contributed by atoms with van der Waals surface area (Å²) in [6.45, 7) is -2.07. The van der Waals surface area contributed by atoms with Crippen LogP contribution < -0.4 is 5.73 Å². The number of rotatable bonds is 4. The van der Waals surface area contributed by atoms with Crippen molar-refractivity contribution in [2.24, 2.45) is 11.7 Å². The summed E-state index contributed by atoms with van der Waals surface area (Å²) in [5.74, 6) is -0.987. The Morgan fingerprint density at radius 1 is 1.39 bits per heavy atom. The number of carbonyl (C=O) groups is 1. The fourth-order valence-corrected chi connectivity index (χ4v) is 2.31. The van der Waals surface area contributed by atoms with Gasteiger partial charge in [-0.1, -0.05) is 6.42 Å². The zero-order chi connectivity index (χ0) is 13.8. The third-order valence-corrected chi connectivity index (χ3v) is 3.12. The van der Waals surface area contributed by atoms with Crippen molar-refractivity contribution >= 4 is 5.91 Å². The number of nitrogens with two attached hydrogens (primary N) is 1. The molecule has 18 heavy (non-hydrogen) atoms. The molecule has 7 heteroatoms. The predicted octanol–water partition coefficient (Wildman–Crippen LogP) is 0.887. The monoisotopic (exact) mass is 268 g/mol. The van der Waals surface area contributed by atoms with Crippen molar-refractivity contribution in [2.75, 3.05) is 19.7 Å². The van der Waals surface area contributed by atoms with Crippen LogP contribution in [-0.4, -0.2) is 47.8 Å². The molecule has 0 saturated heterocycles. The molecule has 0 spiro atoms. The first-order valence-corrected chi connectivity index (χ1v) is 6.05. The van der Waals surface area contributed by atoms with E-state index < -0.39 is 31.2 Å². The van der Waals surface area contributed by atoms with Crippen LogP contribution in [0.15, 0.2) is 0 Å². The molecular formula is C11H19F3N2O2. The first-order chi connectivity index (χ1) is 8.33. The molecule has 1 fully saturated rings. The van der Waals surface area contributed by atoms with Gasteiger partial charge in [0.25, 0.3) is 0 Å². The second-order valence-corrected chi connectivity index (χ2v) is 4.72. The average molecular weight is 268 g/mol. The second kappa shape index (κ2) is 6.38. The number of nitrogens with zero attached hydrogens (tertiary/aromatic N) is 1. The lowest BCUT2D eigenvalue weighted by atomic mass is 9.85. The van der Waals surface area contributed by atoms with Crippen LogP contribution in [0.1, 0.15) is 25.7 Å². The molecule has 3 N–H and O–H groups in total. The molecule has 0 aliphatic heterocycles. The SMILES string of the molecule is NC1CCCC(C(=O)N(CCO)CC(F)(F)F)C1. The van der Waals surface area contributed by atoms with Crippen molar-refractivity contribution in [1.82, 2.24) is 4.90 Å². The number of aliphatic hydroxyl groups excluding tert-OH is 1. The van der Waals surface area contributed by atoms with Gasteiger partial charge in [0.2, 0.25) is 5.91 Å². The Bertz CT molecular complexity index is 284. The summed E-state index contributed by atoms with van der Waals surface area (Å²) in [5.41, 5.74) is 5.72. The average Bonchev–Trinajstić information content (AvgIpc) is 2.26. The fraction of sp³-hybridized carbons (Fsp3) is 0.909. The van der Waals surface area contributed by atoms with Gasteiger partial charge in [-0.15, -0.1) is 0 Å². The molecular weight excluding hydrogens is 249 g/mol. The largest absolute Gasteiger partial charge is 0.406 e. The van der Waals surface area contributed by atoms with E-state index in [0.717, 1.165) is 12.8 Å². The molecule has 1 aliphatic carbocycles. The molecule has 4 nitrogen and oxygen atoms in total. The minimum Gasteiger partial charge on any atom is -0.395 e. The molecule has 0 aromatic rings. The van der Waals surface area contributed by atoms with Gasteiger partial charge in [0.15, 0.2) is 0 Å². The van der Waals surface area contributed by atoms with Crippen LogP contribution in [0.4, 0.5) is 13.2 Å². The second-order valence-electron chi connectivity index (χ2n) is 4.72. The van der Waals surface area contributed by atoms with Crippen molar-refractivity contribution < 1.29 is 23.1 Å². The lowest BCUT2D eigenvalue weighted by molar-refractivity contribution is -0.165. The van der Waals surface area contributed by atoms with E-state index in [1.165, 1.54) is 0 Å². The molecule has 0 bridgehead atoms. The topological polar surface area (TPSA) is 66.6 Å². The van der Waals surface area contributed by atoms with Gasteiger partial charge < -0.3 is 15.7 Å². The Balaban J connectivity index is 2.63. The molecule has 2 atom stereocenters. The lowest BCUT2D eigenvalue weighted by Gasteiger charge is -2.31. The van der Waals surface area contributed by atoms with Crippen molar-refractivity contribution in [3.8, 4) is 0 Å². The van der Waals surface area contributed by atoms with Gasteiger partial charge in [0, 0.05) is 18.5 Å². The zero-order valence-corrected chi connectivity index (χ0v) is 10.1. The van der Waals surface area contributed by atoms with Gasteiger partial charge in [-0.2, -0.15) is 13.2 Å². The maximum atomic E-state index is 12.3. The van der Waals surface area contributed by atoms with E-state index >= 15 is 0 Å². The minimum absolute atomic E-state index is 0.116. The number of hydrogen-bond donors (Lipinski definition) is 2. The number of hydrogen-bond acceptors (Lipinski definition) is 3. The first kappa shape index (κ1) is 15.2. The number of carbonyl (C=O) groups excluding carboxylic acids is 1. The number of amides is 1. The maximum absolute atomic E-state index is 12.3. The lowest BCUT2D eigenvalue weighted by Crippen LogP contribution is -2.45. The first-order valence-electron chi connectivity index (χ1n) is 6.05. The van der Waals surface area contributed by atoms with Gasteiger partial charge in [0.1, 0.15) is 6.54 Å². The molecule has 2 unspecified atom stereocenters. The molecule has 0 aromatic carbocycles.